The van der Waals surface area contributed by atoms with Gasteiger partial charge in [-0.2, -0.15) is 0 Å². The van der Waals surface area contributed by atoms with E-state index in [1.165, 1.54) is 17.0 Å². The molecule has 0 atom stereocenters. The van der Waals surface area contributed by atoms with Crippen molar-refractivity contribution in [2.45, 2.75) is 27.7 Å². The van der Waals surface area contributed by atoms with E-state index in [4.69, 9.17) is 0 Å². The summed E-state index contributed by atoms with van der Waals surface area (Å²) >= 11 is 0. The Balaban J connectivity index is 1.88. The van der Waals surface area contributed by atoms with E-state index in [-0.39, 0.29) is 17.4 Å². The Bertz CT molecular complexity index is 1240. The van der Waals surface area contributed by atoms with Crippen LogP contribution in [0.25, 0.3) is 5.57 Å². The zero-order valence-corrected chi connectivity index (χ0v) is 17.9. The van der Waals surface area contributed by atoms with Crippen molar-refractivity contribution in [2.24, 2.45) is 0 Å². The average molecular weight is 414 g/mol. The molecule has 3 aromatic carbocycles. The van der Waals surface area contributed by atoms with Gasteiger partial charge in [0.25, 0.3) is 11.8 Å². The van der Waals surface area contributed by atoms with Gasteiger partial charge in [0.05, 0.1) is 11.3 Å². The summed E-state index contributed by atoms with van der Waals surface area (Å²) in [4.78, 5) is 28.4. The van der Waals surface area contributed by atoms with Crippen LogP contribution in [0.1, 0.15) is 27.8 Å². The summed E-state index contributed by atoms with van der Waals surface area (Å²) in [7, 11) is 0. The van der Waals surface area contributed by atoms with Crippen molar-refractivity contribution in [3.8, 4) is 0 Å². The molecule has 2 amide bonds. The predicted molar refractivity (Wildman–Crippen MR) is 121 cm³/mol. The third kappa shape index (κ3) is 3.75. The summed E-state index contributed by atoms with van der Waals surface area (Å²) in [5.41, 5.74) is 6.04. The van der Waals surface area contributed by atoms with E-state index >= 15 is 0 Å². The van der Waals surface area contributed by atoms with Gasteiger partial charge >= 0.3 is 0 Å². The van der Waals surface area contributed by atoms with Crippen LogP contribution in [0.5, 0.6) is 0 Å². The first-order valence-electron chi connectivity index (χ1n) is 10.1. The number of rotatable bonds is 4. The molecule has 0 saturated heterocycles. The van der Waals surface area contributed by atoms with Crippen LogP contribution in [0.4, 0.5) is 15.8 Å². The van der Waals surface area contributed by atoms with Crippen molar-refractivity contribution in [2.75, 3.05) is 10.2 Å². The highest BCUT2D eigenvalue weighted by Crippen LogP contribution is 2.36. The Morgan fingerprint density at radius 3 is 2.06 bits per heavy atom. The molecule has 1 N–H and O–H groups in total. The van der Waals surface area contributed by atoms with E-state index in [0.29, 0.717) is 22.5 Å². The topological polar surface area (TPSA) is 49.4 Å². The van der Waals surface area contributed by atoms with Crippen LogP contribution < -0.4 is 10.2 Å². The number of halogens is 1. The lowest BCUT2D eigenvalue weighted by Crippen LogP contribution is -2.33. The molecule has 0 bridgehead atoms. The predicted octanol–water partition coefficient (Wildman–Crippen LogP) is 5.46. The first kappa shape index (κ1) is 20.5. The van der Waals surface area contributed by atoms with Gasteiger partial charge in [-0.1, -0.05) is 35.9 Å². The number of anilines is 2. The van der Waals surface area contributed by atoms with Crippen LogP contribution in [-0.4, -0.2) is 11.8 Å². The van der Waals surface area contributed by atoms with Gasteiger partial charge in [0.1, 0.15) is 11.5 Å². The lowest BCUT2D eigenvalue weighted by molar-refractivity contribution is -0.120. The summed E-state index contributed by atoms with van der Waals surface area (Å²) in [6.45, 7) is 7.69. The third-order valence-corrected chi connectivity index (χ3v) is 5.45. The molecule has 0 aromatic heterocycles. The molecular formula is C26H23FN2O2. The molecule has 156 valence electrons. The minimum Gasteiger partial charge on any atom is -0.350 e. The van der Waals surface area contributed by atoms with Crippen molar-refractivity contribution >= 4 is 28.8 Å². The number of amides is 2. The van der Waals surface area contributed by atoms with E-state index in [0.717, 1.165) is 22.3 Å². The largest absolute Gasteiger partial charge is 0.350 e. The van der Waals surface area contributed by atoms with Crippen molar-refractivity contribution < 1.29 is 14.0 Å². The van der Waals surface area contributed by atoms with Gasteiger partial charge in [-0.25, -0.2) is 9.29 Å². The fourth-order valence-corrected chi connectivity index (χ4v) is 3.85. The summed E-state index contributed by atoms with van der Waals surface area (Å²) in [6, 6.07) is 17.1. The molecule has 0 fully saturated rings. The molecule has 3 aromatic rings. The van der Waals surface area contributed by atoms with Gasteiger partial charge in [0.2, 0.25) is 0 Å². The Labute approximate surface area is 181 Å². The molecular weight excluding hydrogens is 391 g/mol. The molecule has 0 saturated carbocycles. The Morgan fingerprint density at radius 2 is 1.39 bits per heavy atom. The van der Waals surface area contributed by atoms with Crippen LogP contribution in [0.15, 0.2) is 66.4 Å². The number of nitrogens with zero attached hydrogens (tertiary/aromatic N) is 1. The lowest BCUT2D eigenvalue weighted by atomic mass is 9.97. The van der Waals surface area contributed by atoms with Crippen LogP contribution in [-0.2, 0) is 9.59 Å². The second-order valence-electron chi connectivity index (χ2n) is 7.94. The van der Waals surface area contributed by atoms with Crippen LogP contribution in [0.2, 0.25) is 0 Å². The van der Waals surface area contributed by atoms with E-state index in [1.54, 1.807) is 12.1 Å². The van der Waals surface area contributed by atoms with Crippen LogP contribution in [0, 0.1) is 33.5 Å². The van der Waals surface area contributed by atoms with Gasteiger partial charge in [-0.15, -0.1) is 0 Å². The quantitative estimate of drug-likeness (QED) is 0.577. The zero-order chi connectivity index (χ0) is 22.3. The molecule has 0 unspecified atom stereocenters. The summed E-state index contributed by atoms with van der Waals surface area (Å²) in [5, 5.41) is 3.07. The number of hydrogen-bond donors (Lipinski definition) is 1. The number of nitrogens with one attached hydrogen (secondary N) is 1. The highest BCUT2D eigenvalue weighted by molar-refractivity contribution is 6.46. The summed E-state index contributed by atoms with van der Waals surface area (Å²) in [6.07, 6.45) is 0. The fourth-order valence-electron chi connectivity index (χ4n) is 3.85. The van der Waals surface area contributed by atoms with Crippen molar-refractivity contribution in [1.82, 2.24) is 0 Å². The molecule has 0 aliphatic carbocycles. The van der Waals surface area contributed by atoms with Gasteiger partial charge in [-0.05, 0) is 80.3 Å². The molecule has 0 radical (unpaired) electrons. The van der Waals surface area contributed by atoms with E-state index in [1.807, 2.05) is 64.1 Å². The van der Waals surface area contributed by atoms with Gasteiger partial charge in [0.15, 0.2) is 0 Å². The summed E-state index contributed by atoms with van der Waals surface area (Å²) in [5.74, 6) is -1.19. The normalized spacial score (nSPS) is 13.9. The Morgan fingerprint density at radius 1 is 0.742 bits per heavy atom. The standard InChI is InChI=1S/C26H23FN2O2/c1-15-6-12-21(18(4)13-15)23-24(28-20-10-8-19(27)9-11-20)26(31)29(25(23)30)22-14-16(2)5-7-17(22)3/h5-14,28H,1-4H3. The summed E-state index contributed by atoms with van der Waals surface area (Å²) < 4.78 is 13.4. The third-order valence-electron chi connectivity index (χ3n) is 5.45. The average Bonchev–Trinajstić information content (AvgIpc) is 2.95. The molecule has 31 heavy (non-hydrogen) atoms. The minimum absolute atomic E-state index is 0.185. The van der Waals surface area contributed by atoms with Crippen molar-refractivity contribution in [3.63, 3.8) is 0 Å². The smallest absolute Gasteiger partial charge is 0.282 e. The number of benzene rings is 3. The monoisotopic (exact) mass is 414 g/mol. The second-order valence-corrected chi connectivity index (χ2v) is 7.94. The Kier molecular flexibility index (Phi) is 5.19. The molecule has 1 aliphatic rings. The van der Waals surface area contributed by atoms with Crippen LogP contribution >= 0.6 is 0 Å². The number of imide groups is 1. The highest BCUT2D eigenvalue weighted by Gasteiger charge is 2.41. The number of hydrogen-bond acceptors (Lipinski definition) is 3. The first-order chi connectivity index (χ1) is 14.8. The van der Waals surface area contributed by atoms with Gasteiger partial charge in [-0.3, -0.25) is 9.59 Å². The Hall–Kier alpha value is -3.73. The molecule has 0 spiro atoms. The number of carbonyl (C=O) groups excluding carboxylic acids is 2. The highest BCUT2D eigenvalue weighted by atomic mass is 19.1. The maximum Gasteiger partial charge on any atom is 0.282 e. The van der Waals surface area contributed by atoms with Crippen molar-refractivity contribution in [3.05, 3.63) is 100.0 Å². The number of carbonyl (C=O) groups is 2. The molecule has 1 heterocycles. The second kappa shape index (κ2) is 7.84. The molecule has 1 aliphatic heterocycles. The number of aryl methyl sites for hydroxylation is 4. The lowest BCUT2D eigenvalue weighted by Gasteiger charge is -2.18. The molecule has 4 nitrogen and oxygen atoms in total. The van der Waals surface area contributed by atoms with Gasteiger partial charge < -0.3 is 5.32 Å². The zero-order valence-electron chi connectivity index (χ0n) is 17.9. The molecule has 4 rings (SSSR count). The minimum atomic E-state index is -0.432. The van der Waals surface area contributed by atoms with E-state index in [2.05, 4.69) is 5.32 Å². The molecule has 5 heteroatoms. The van der Waals surface area contributed by atoms with Crippen molar-refractivity contribution in [1.29, 1.82) is 0 Å². The first-order valence-corrected chi connectivity index (χ1v) is 10.1. The van der Waals surface area contributed by atoms with E-state index < -0.39 is 5.91 Å². The van der Waals surface area contributed by atoms with Gasteiger partial charge in [0, 0.05) is 5.69 Å². The fraction of sp³-hybridized carbons (Fsp3) is 0.154. The SMILES string of the molecule is Cc1ccc(C2=C(Nc3ccc(F)cc3)C(=O)N(c3cc(C)ccc3C)C2=O)c(C)c1. The maximum absolute atomic E-state index is 13.6. The maximum atomic E-state index is 13.6. The van der Waals surface area contributed by atoms with Crippen LogP contribution in [0.3, 0.4) is 0 Å². The van der Waals surface area contributed by atoms with E-state index in [9.17, 15) is 14.0 Å².